The van der Waals surface area contributed by atoms with Gasteiger partial charge in [0.05, 0.1) is 0 Å². The van der Waals surface area contributed by atoms with Crippen LogP contribution in [-0.2, 0) is 12.8 Å². The lowest BCUT2D eigenvalue weighted by atomic mass is 10.1. The summed E-state index contributed by atoms with van der Waals surface area (Å²) >= 11 is 0. The van der Waals surface area contributed by atoms with Crippen LogP contribution in [0.15, 0.2) is 48.7 Å². The van der Waals surface area contributed by atoms with E-state index >= 15 is 0 Å². The smallest absolute Gasteiger partial charge is 0.0302 e. The van der Waals surface area contributed by atoms with Crippen molar-refractivity contribution < 1.29 is 0 Å². The molecule has 1 aromatic carbocycles. The summed E-state index contributed by atoms with van der Waals surface area (Å²) in [6.45, 7) is 4.54. The van der Waals surface area contributed by atoms with Gasteiger partial charge in [-0.1, -0.05) is 37.3 Å². The van der Waals surface area contributed by atoms with E-state index in [-0.39, 0.29) is 0 Å². The van der Waals surface area contributed by atoms with Crippen molar-refractivity contribution in [3.63, 3.8) is 0 Å². The van der Waals surface area contributed by atoms with Gasteiger partial charge in [0.1, 0.15) is 0 Å². The van der Waals surface area contributed by atoms with Crippen molar-refractivity contribution in [2.45, 2.75) is 45.6 Å². The zero-order valence-electron chi connectivity index (χ0n) is 11.5. The Labute approximate surface area is 110 Å². The van der Waals surface area contributed by atoms with E-state index in [1.54, 1.807) is 0 Å². The van der Waals surface area contributed by atoms with Crippen LogP contribution in [-0.4, -0.2) is 4.57 Å². The second-order valence-corrected chi connectivity index (χ2v) is 5.00. The van der Waals surface area contributed by atoms with Crippen molar-refractivity contribution in [3.05, 3.63) is 59.9 Å². The molecule has 0 radical (unpaired) electrons. The maximum atomic E-state index is 2.42. The summed E-state index contributed by atoms with van der Waals surface area (Å²) in [5, 5.41) is 0. The van der Waals surface area contributed by atoms with Crippen LogP contribution in [0.3, 0.4) is 0 Å². The van der Waals surface area contributed by atoms with Crippen molar-refractivity contribution in [1.82, 2.24) is 4.57 Å². The van der Waals surface area contributed by atoms with Gasteiger partial charge in [-0.05, 0) is 50.3 Å². The van der Waals surface area contributed by atoms with Gasteiger partial charge in [0, 0.05) is 17.9 Å². The number of benzene rings is 1. The van der Waals surface area contributed by atoms with Crippen LogP contribution < -0.4 is 0 Å². The molecule has 0 saturated heterocycles. The average Bonchev–Trinajstić information content (AvgIpc) is 2.87. The standard InChI is InChI=1S/C17H23N/c1-3-15(2)18-14-8-13-17(18)12-7-11-16-9-5-4-6-10-16/h4-6,8-10,13-15H,3,7,11-12H2,1-2H3/t15-/m0/s1. The van der Waals surface area contributed by atoms with E-state index in [4.69, 9.17) is 0 Å². The zero-order valence-corrected chi connectivity index (χ0v) is 11.5. The van der Waals surface area contributed by atoms with Gasteiger partial charge in [0.2, 0.25) is 0 Å². The minimum absolute atomic E-state index is 0.617. The summed E-state index contributed by atoms with van der Waals surface area (Å²) in [6.07, 6.45) is 6.98. The Morgan fingerprint density at radius 2 is 1.78 bits per heavy atom. The van der Waals surface area contributed by atoms with Crippen LogP contribution in [0.5, 0.6) is 0 Å². The van der Waals surface area contributed by atoms with Gasteiger partial charge in [-0.15, -0.1) is 0 Å². The van der Waals surface area contributed by atoms with E-state index in [1.165, 1.54) is 36.9 Å². The largest absolute Gasteiger partial charge is 0.349 e. The first-order valence-electron chi connectivity index (χ1n) is 7.01. The van der Waals surface area contributed by atoms with E-state index in [0.29, 0.717) is 6.04 Å². The summed E-state index contributed by atoms with van der Waals surface area (Å²) in [6, 6.07) is 15.8. The predicted molar refractivity (Wildman–Crippen MR) is 77.9 cm³/mol. The quantitative estimate of drug-likeness (QED) is 0.694. The second kappa shape index (κ2) is 6.44. The SMILES string of the molecule is CC[C@H](C)n1cccc1CCCc1ccccc1. The Morgan fingerprint density at radius 3 is 2.50 bits per heavy atom. The maximum Gasteiger partial charge on any atom is 0.0302 e. The maximum absolute atomic E-state index is 2.42. The first-order valence-corrected chi connectivity index (χ1v) is 7.01. The van der Waals surface area contributed by atoms with E-state index in [9.17, 15) is 0 Å². The van der Waals surface area contributed by atoms with Gasteiger partial charge >= 0.3 is 0 Å². The summed E-state index contributed by atoms with van der Waals surface area (Å²) in [7, 11) is 0. The molecule has 0 amide bonds. The fourth-order valence-electron chi connectivity index (χ4n) is 2.39. The topological polar surface area (TPSA) is 4.93 Å². The summed E-state index contributed by atoms with van der Waals surface area (Å²) in [4.78, 5) is 0. The molecule has 1 nitrogen and oxygen atoms in total. The lowest BCUT2D eigenvalue weighted by Crippen LogP contribution is -2.07. The first kappa shape index (κ1) is 12.9. The number of hydrogen-bond donors (Lipinski definition) is 0. The number of rotatable bonds is 6. The van der Waals surface area contributed by atoms with E-state index in [0.717, 1.165) is 0 Å². The molecule has 0 saturated carbocycles. The number of aromatic nitrogens is 1. The second-order valence-electron chi connectivity index (χ2n) is 5.00. The van der Waals surface area contributed by atoms with Gasteiger partial charge in [-0.2, -0.15) is 0 Å². The first-order chi connectivity index (χ1) is 8.81. The molecule has 0 aliphatic rings. The molecule has 2 rings (SSSR count). The number of nitrogens with zero attached hydrogens (tertiary/aromatic N) is 1. The molecule has 1 heterocycles. The molecule has 1 heteroatoms. The highest BCUT2D eigenvalue weighted by atomic mass is 15.0. The molecule has 0 spiro atoms. The molecule has 0 fully saturated rings. The highest BCUT2D eigenvalue weighted by Gasteiger charge is 2.06. The van der Waals surface area contributed by atoms with Gasteiger partial charge in [0.15, 0.2) is 0 Å². The fraction of sp³-hybridized carbons (Fsp3) is 0.412. The zero-order chi connectivity index (χ0) is 12.8. The normalized spacial score (nSPS) is 12.6. The summed E-state index contributed by atoms with van der Waals surface area (Å²) in [5.41, 5.74) is 2.92. The number of hydrogen-bond acceptors (Lipinski definition) is 0. The van der Waals surface area contributed by atoms with Gasteiger partial charge in [-0.25, -0.2) is 0 Å². The molecule has 1 atom stereocenters. The predicted octanol–water partition coefficient (Wildman–Crippen LogP) is 4.63. The van der Waals surface area contributed by atoms with Crippen molar-refractivity contribution >= 4 is 0 Å². The third kappa shape index (κ3) is 3.25. The van der Waals surface area contributed by atoms with Crippen LogP contribution in [0.2, 0.25) is 0 Å². The Morgan fingerprint density at radius 1 is 1.00 bits per heavy atom. The monoisotopic (exact) mass is 241 g/mol. The fourth-order valence-corrected chi connectivity index (χ4v) is 2.39. The van der Waals surface area contributed by atoms with Crippen molar-refractivity contribution in [3.8, 4) is 0 Å². The molecule has 1 aromatic heterocycles. The summed E-state index contributed by atoms with van der Waals surface area (Å²) < 4.78 is 2.42. The highest BCUT2D eigenvalue weighted by molar-refractivity contribution is 5.15. The van der Waals surface area contributed by atoms with E-state index < -0.39 is 0 Å². The molecule has 96 valence electrons. The third-order valence-corrected chi connectivity index (χ3v) is 3.67. The van der Waals surface area contributed by atoms with Gasteiger partial charge in [0.25, 0.3) is 0 Å². The minimum atomic E-state index is 0.617. The van der Waals surface area contributed by atoms with Crippen molar-refractivity contribution in [2.75, 3.05) is 0 Å². The van der Waals surface area contributed by atoms with Gasteiger partial charge < -0.3 is 4.57 Å². The number of aryl methyl sites for hydroxylation is 2. The lowest BCUT2D eigenvalue weighted by Gasteiger charge is -2.15. The van der Waals surface area contributed by atoms with E-state index in [2.05, 4.69) is 67.1 Å². The molecule has 0 unspecified atom stereocenters. The Hall–Kier alpha value is -1.50. The molecule has 0 N–H and O–H groups in total. The molecular weight excluding hydrogens is 218 g/mol. The third-order valence-electron chi connectivity index (χ3n) is 3.67. The molecule has 18 heavy (non-hydrogen) atoms. The van der Waals surface area contributed by atoms with Crippen LogP contribution >= 0.6 is 0 Å². The Balaban J connectivity index is 1.89. The van der Waals surface area contributed by atoms with Crippen LogP contribution in [0, 0.1) is 0 Å². The Bertz CT molecular complexity index is 455. The van der Waals surface area contributed by atoms with Crippen LogP contribution in [0.1, 0.15) is 44.0 Å². The molecule has 0 aliphatic carbocycles. The molecule has 2 aromatic rings. The van der Waals surface area contributed by atoms with Crippen LogP contribution in [0.25, 0.3) is 0 Å². The van der Waals surface area contributed by atoms with Gasteiger partial charge in [-0.3, -0.25) is 0 Å². The molecule has 0 bridgehead atoms. The van der Waals surface area contributed by atoms with E-state index in [1.807, 2.05) is 0 Å². The minimum Gasteiger partial charge on any atom is -0.349 e. The molecule has 0 aliphatic heterocycles. The van der Waals surface area contributed by atoms with Crippen molar-refractivity contribution in [1.29, 1.82) is 0 Å². The Kier molecular flexibility index (Phi) is 4.63. The average molecular weight is 241 g/mol. The van der Waals surface area contributed by atoms with Crippen molar-refractivity contribution in [2.24, 2.45) is 0 Å². The van der Waals surface area contributed by atoms with Crippen LogP contribution in [0.4, 0.5) is 0 Å². The lowest BCUT2D eigenvalue weighted by molar-refractivity contribution is 0.510. The molecular formula is C17H23N. The highest BCUT2D eigenvalue weighted by Crippen LogP contribution is 2.16. The summed E-state index contributed by atoms with van der Waals surface area (Å²) in [5.74, 6) is 0.